The number of carboxylic acid groups (broad SMARTS) is 1. The summed E-state index contributed by atoms with van der Waals surface area (Å²) in [7, 11) is 0. The number of nitrogens with two attached hydrogens (primary N) is 2. The van der Waals surface area contributed by atoms with E-state index in [0.29, 0.717) is 18.2 Å². The summed E-state index contributed by atoms with van der Waals surface area (Å²) in [6.45, 7) is 2.31. The Labute approximate surface area is 161 Å². The quantitative estimate of drug-likeness (QED) is 0.473. The van der Waals surface area contributed by atoms with E-state index >= 15 is 0 Å². The SMILES string of the molecule is Cc1c(-c2ccc(N)c(CN)c2)ccn2c(=O)c(OC(=O)O)cc(C3CC3)c12. The van der Waals surface area contributed by atoms with Crippen molar-refractivity contribution in [1.29, 1.82) is 0 Å². The van der Waals surface area contributed by atoms with E-state index < -0.39 is 11.7 Å². The summed E-state index contributed by atoms with van der Waals surface area (Å²) in [4.78, 5) is 23.7. The lowest BCUT2D eigenvalue weighted by molar-refractivity contribution is 0.143. The zero-order chi connectivity index (χ0) is 20.0. The fourth-order valence-corrected chi connectivity index (χ4v) is 3.71. The van der Waals surface area contributed by atoms with E-state index in [1.807, 2.05) is 31.2 Å². The van der Waals surface area contributed by atoms with Gasteiger partial charge in [0, 0.05) is 18.4 Å². The van der Waals surface area contributed by atoms with Gasteiger partial charge in [-0.05, 0) is 77.8 Å². The first kappa shape index (κ1) is 18.1. The molecule has 0 aliphatic heterocycles. The van der Waals surface area contributed by atoms with Crippen LogP contribution in [0.25, 0.3) is 16.6 Å². The number of ether oxygens (including phenoxy) is 1. The molecule has 0 unspecified atom stereocenters. The van der Waals surface area contributed by atoms with Crippen molar-refractivity contribution in [3.8, 4) is 16.9 Å². The third kappa shape index (κ3) is 2.99. The van der Waals surface area contributed by atoms with Gasteiger partial charge in [0.05, 0.1) is 5.52 Å². The molecule has 3 aromatic rings. The minimum absolute atomic E-state index is 0.169. The normalized spacial score (nSPS) is 13.6. The van der Waals surface area contributed by atoms with Crippen molar-refractivity contribution >= 4 is 17.4 Å². The molecule has 0 amide bonds. The van der Waals surface area contributed by atoms with Crippen LogP contribution in [-0.2, 0) is 6.54 Å². The van der Waals surface area contributed by atoms with Crippen LogP contribution in [-0.4, -0.2) is 15.7 Å². The maximum absolute atomic E-state index is 12.7. The van der Waals surface area contributed by atoms with Crippen molar-refractivity contribution in [3.05, 3.63) is 63.6 Å². The van der Waals surface area contributed by atoms with Crippen molar-refractivity contribution in [2.24, 2.45) is 5.73 Å². The lowest BCUT2D eigenvalue weighted by Gasteiger charge is -2.16. The number of rotatable bonds is 4. The Morgan fingerprint density at radius 2 is 2.04 bits per heavy atom. The van der Waals surface area contributed by atoms with Crippen molar-refractivity contribution in [2.75, 3.05) is 5.73 Å². The van der Waals surface area contributed by atoms with Gasteiger partial charge in [0.15, 0.2) is 5.75 Å². The highest BCUT2D eigenvalue weighted by molar-refractivity contribution is 5.79. The number of pyridine rings is 2. The largest absolute Gasteiger partial charge is 0.511 e. The number of nitrogen functional groups attached to an aromatic ring is 1. The second-order valence-electron chi connectivity index (χ2n) is 7.10. The molecule has 0 radical (unpaired) electrons. The summed E-state index contributed by atoms with van der Waals surface area (Å²) in [5.41, 5.74) is 17.4. The molecule has 1 fully saturated rings. The van der Waals surface area contributed by atoms with E-state index in [0.717, 1.165) is 46.2 Å². The van der Waals surface area contributed by atoms with E-state index in [4.69, 9.17) is 21.3 Å². The Bertz CT molecular complexity index is 1160. The molecule has 2 heterocycles. The monoisotopic (exact) mass is 379 g/mol. The maximum Gasteiger partial charge on any atom is 0.511 e. The van der Waals surface area contributed by atoms with Crippen molar-refractivity contribution in [3.63, 3.8) is 0 Å². The smallest absolute Gasteiger partial charge is 0.449 e. The Morgan fingerprint density at radius 3 is 2.68 bits per heavy atom. The van der Waals surface area contributed by atoms with E-state index in [1.54, 1.807) is 12.3 Å². The number of aromatic nitrogens is 1. The van der Waals surface area contributed by atoms with Gasteiger partial charge in [-0.3, -0.25) is 9.20 Å². The molecule has 7 heteroatoms. The van der Waals surface area contributed by atoms with Crippen LogP contribution in [0.3, 0.4) is 0 Å². The second kappa shape index (κ2) is 6.69. The number of nitrogens with zero attached hydrogens (tertiary/aromatic N) is 1. The fourth-order valence-electron chi connectivity index (χ4n) is 3.71. The number of carbonyl (C=O) groups is 1. The van der Waals surface area contributed by atoms with E-state index in [2.05, 4.69) is 0 Å². The van der Waals surface area contributed by atoms with Gasteiger partial charge in [-0.2, -0.15) is 0 Å². The van der Waals surface area contributed by atoms with Gasteiger partial charge < -0.3 is 21.3 Å². The first-order valence-electron chi connectivity index (χ1n) is 9.09. The minimum Gasteiger partial charge on any atom is -0.449 e. The first-order valence-corrected chi connectivity index (χ1v) is 9.09. The highest BCUT2D eigenvalue weighted by Gasteiger charge is 2.29. The van der Waals surface area contributed by atoms with Crippen LogP contribution in [0.2, 0.25) is 0 Å². The predicted molar refractivity (Wildman–Crippen MR) is 107 cm³/mol. The van der Waals surface area contributed by atoms with E-state index in [-0.39, 0.29) is 5.75 Å². The van der Waals surface area contributed by atoms with E-state index in [9.17, 15) is 9.59 Å². The summed E-state index contributed by atoms with van der Waals surface area (Å²) < 4.78 is 6.20. The molecule has 28 heavy (non-hydrogen) atoms. The molecule has 0 atom stereocenters. The Kier molecular flexibility index (Phi) is 4.31. The zero-order valence-corrected chi connectivity index (χ0v) is 15.4. The summed E-state index contributed by atoms with van der Waals surface area (Å²) in [6, 6.07) is 9.15. The van der Waals surface area contributed by atoms with Crippen LogP contribution >= 0.6 is 0 Å². The summed E-state index contributed by atoms with van der Waals surface area (Å²) in [5.74, 6) is 0.128. The standard InChI is InChI=1S/C21H21N3O4/c1-11-15(13-4-5-17(23)14(8-13)10-22)6-7-24-19(11)16(12-2-3-12)9-18(20(24)25)28-21(26)27/h4-9,12H,2-3,10,22-23H2,1H3,(H,26,27). The molecular weight excluding hydrogens is 358 g/mol. The Hall–Kier alpha value is -3.32. The topological polar surface area (TPSA) is 120 Å². The molecule has 0 spiro atoms. The highest BCUT2D eigenvalue weighted by atomic mass is 16.7. The molecule has 1 aromatic carbocycles. The van der Waals surface area contributed by atoms with Crippen LogP contribution in [0.15, 0.2) is 41.3 Å². The molecule has 2 aromatic heterocycles. The molecule has 0 bridgehead atoms. The van der Waals surface area contributed by atoms with Gasteiger partial charge in [-0.15, -0.1) is 0 Å². The van der Waals surface area contributed by atoms with Gasteiger partial charge in [0.2, 0.25) is 0 Å². The van der Waals surface area contributed by atoms with Crippen LogP contribution in [0, 0.1) is 6.92 Å². The van der Waals surface area contributed by atoms with Gasteiger partial charge in [0.25, 0.3) is 5.56 Å². The Balaban J connectivity index is 1.97. The molecule has 7 nitrogen and oxygen atoms in total. The van der Waals surface area contributed by atoms with Crippen LogP contribution < -0.4 is 21.8 Å². The second-order valence-corrected chi connectivity index (χ2v) is 7.10. The summed E-state index contributed by atoms with van der Waals surface area (Å²) in [6.07, 6.45) is 2.18. The third-order valence-corrected chi connectivity index (χ3v) is 5.27. The number of aryl methyl sites for hydroxylation is 1. The van der Waals surface area contributed by atoms with Gasteiger partial charge in [-0.25, -0.2) is 4.79 Å². The van der Waals surface area contributed by atoms with Crippen LogP contribution in [0.1, 0.15) is 35.4 Å². The molecule has 5 N–H and O–H groups in total. The zero-order valence-electron chi connectivity index (χ0n) is 15.4. The minimum atomic E-state index is -1.50. The van der Waals surface area contributed by atoms with Gasteiger partial charge >= 0.3 is 6.16 Å². The number of hydrogen-bond donors (Lipinski definition) is 3. The van der Waals surface area contributed by atoms with Gasteiger partial charge in [-0.1, -0.05) is 6.07 Å². The maximum atomic E-state index is 12.7. The van der Waals surface area contributed by atoms with Crippen LogP contribution in [0.5, 0.6) is 5.75 Å². The van der Waals surface area contributed by atoms with Crippen molar-refractivity contribution in [2.45, 2.75) is 32.2 Å². The first-order chi connectivity index (χ1) is 13.4. The average molecular weight is 379 g/mol. The van der Waals surface area contributed by atoms with Crippen molar-refractivity contribution < 1.29 is 14.6 Å². The average Bonchev–Trinajstić information content (AvgIpc) is 3.50. The highest BCUT2D eigenvalue weighted by Crippen LogP contribution is 2.44. The summed E-state index contributed by atoms with van der Waals surface area (Å²) in [5, 5.41) is 8.94. The Morgan fingerprint density at radius 1 is 1.29 bits per heavy atom. The molecule has 1 aliphatic carbocycles. The molecule has 1 aliphatic rings. The summed E-state index contributed by atoms with van der Waals surface area (Å²) >= 11 is 0. The number of fused-ring (bicyclic) bond motifs is 1. The van der Waals surface area contributed by atoms with E-state index in [1.165, 1.54) is 4.40 Å². The third-order valence-electron chi connectivity index (χ3n) is 5.27. The van der Waals surface area contributed by atoms with Crippen LogP contribution in [0.4, 0.5) is 10.5 Å². The number of hydrogen-bond acceptors (Lipinski definition) is 5. The fraction of sp³-hybridized carbons (Fsp3) is 0.238. The molecule has 0 saturated heterocycles. The van der Waals surface area contributed by atoms with Crippen molar-refractivity contribution in [1.82, 2.24) is 4.40 Å². The predicted octanol–water partition coefficient (Wildman–Crippen LogP) is 3.25. The molecule has 1 saturated carbocycles. The van der Waals surface area contributed by atoms with Gasteiger partial charge in [0.1, 0.15) is 0 Å². The molecule has 144 valence electrons. The molecular formula is C21H21N3O4. The lowest BCUT2D eigenvalue weighted by atomic mass is 9.96. The lowest BCUT2D eigenvalue weighted by Crippen LogP contribution is -2.20. The number of benzene rings is 1. The molecule has 4 rings (SSSR count). The number of anilines is 1.